The number of phenols is 1. The molecule has 2 rings (SSSR count). The van der Waals surface area contributed by atoms with Crippen molar-refractivity contribution >= 4 is 17.4 Å². The SMILES string of the molecule is CCCC(=O)C1(C(=O)Nc2ccc(F)c(O)c2)CC1. The Morgan fingerprint density at radius 3 is 2.63 bits per heavy atom. The van der Waals surface area contributed by atoms with Gasteiger partial charge in [0.25, 0.3) is 0 Å². The molecular weight excluding hydrogens is 249 g/mol. The van der Waals surface area contributed by atoms with Gasteiger partial charge in [-0.2, -0.15) is 0 Å². The van der Waals surface area contributed by atoms with Gasteiger partial charge < -0.3 is 10.4 Å². The quantitative estimate of drug-likeness (QED) is 0.804. The number of Topliss-reactive ketones (excluding diaryl/α,β-unsaturated/α-hetero) is 1. The van der Waals surface area contributed by atoms with Crippen molar-refractivity contribution in [1.82, 2.24) is 0 Å². The molecule has 0 unspecified atom stereocenters. The summed E-state index contributed by atoms with van der Waals surface area (Å²) in [6, 6.07) is 3.55. The first-order chi connectivity index (χ1) is 8.99. The van der Waals surface area contributed by atoms with Crippen molar-refractivity contribution < 1.29 is 19.1 Å². The van der Waals surface area contributed by atoms with E-state index >= 15 is 0 Å². The number of rotatable bonds is 5. The molecule has 19 heavy (non-hydrogen) atoms. The van der Waals surface area contributed by atoms with Gasteiger partial charge in [-0.1, -0.05) is 6.92 Å². The number of hydrogen-bond acceptors (Lipinski definition) is 3. The highest BCUT2D eigenvalue weighted by Gasteiger charge is 2.55. The number of nitrogens with one attached hydrogen (secondary N) is 1. The third kappa shape index (κ3) is 2.59. The predicted octanol–water partition coefficient (Wildman–Crippen LogP) is 2.62. The average molecular weight is 265 g/mol. The maximum absolute atomic E-state index is 12.9. The molecule has 0 aliphatic heterocycles. The molecule has 0 bridgehead atoms. The van der Waals surface area contributed by atoms with Crippen LogP contribution >= 0.6 is 0 Å². The molecule has 0 heterocycles. The summed E-state index contributed by atoms with van der Waals surface area (Å²) in [5.74, 6) is -1.68. The van der Waals surface area contributed by atoms with Gasteiger partial charge in [0.05, 0.1) is 0 Å². The van der Waals surface area contributed by atoms with Crippen molar-refractivity contribution in [2.75, 3.05) is 5.32 Å². The summed E-state index contributed by atoms with van der Waals surface area (Å²) in [5, 5.41) is 11.8. The average Bonchev–Trinajstić information content (AvgIpc) is 3.15. The first kappa shape index (κ1) is 13.5. The van der Waals surface area contributed by atoms with Crippen molar-refractivity contribution in [1.29, 1.82) is 0 Å². The van der Waals surface area contributed by atoms with Crippen molar-refractivity contribution in [3.63, 3.8) is 0 Å². The Kier molecular flexibility index (Phi) is 3.55. The lowest BCUT2D eigenvalue weighted by Crippen LogP contribution is -2.31. The van der Waals surface area contributed by atoms with E-state index in [1.165, 1.54) is 6.07 Å². The van der Waals surface area contributed by atoms with Crippen LogP contribution in [-0.2, 0) is 9.59 Å². The fourth-order valence-electron chi connectivity index (χ4n) is 2.07. The van der Waals surface area contributed by atoms with E-state index in [4.69, 9.17) is 0 Å². The first-order valence-electron chi connectivity index (χ1n) is 6.33. The Labute approximate surface area is 110 Å². The number of aromatic hydroxyl groups is 1. The molecule has 0 spiro atoms. The van der Waals surface area contributed by atoms with Crippen LogP contribution in [-0.4, -0.2) is 16.8 Å². The largest absolute Gasteiger partial charge is 0.505 e. The maximum Gasteiger partial charge on any atom is 0.238 e. The summed E-state index contributed by atoms with van der Waals surface area (Å²) in [6.45, 7) is 1.89. The summed E-state index contributed by atoms with van der Waals surface area (Å²) in [5.41, 5.74) is -0.612. The van der Waals surface area contributed by atoms with Crippen LogP contribution in [0.5, 0.6) is 5.75 Å². The second kappa shape index (κ2) is 4.99. The molecule has 1 amide bonds. The Balaban J connectivity index is 2.09. The third-order valence-electron chi connectivity index (χ3n) is 3.40. The number of amides is 1. The number of carbonyl (C=O) groups excluding carboxylic acids is 2. The van der Waals surface area contributed by atoms with Crippen LogP contribution in [0.15, 0.2) is 18.2 Å². The van der Waals surface area contributed by atoms with E-state index in [0.717, 1.165) is 12.1 Å². The van der Waals surface area contributed by atoms with E-state index in [-0.39, 0.29) is 11.7 Å². The highest BCUT2D eigenvalue weighted by atomic mass is 19.1. The van der Waals surface area contributed by atoms with Gasteiger partial charge in [-0.15, -0.1) is 0 Å². The van der Waals surface area contributed by atoms with Crippen molar-refractivity contribution in [2.45, 2.75) is 32.6 Å². The Morgan fingerprint density at radius 2 is 2.11 bits per heavy atom. The molecule has 102 valence electrons. The Morgan fingerprint density at radius 1 is 1.42 bits per heavy atom. The number of carbonyl (C=O) groups is 2. The molecule has 1 aliphatic rings. The summed E-state index contributed by atoms with van der Waals surface area (Å²) in [7, 11) is 0. The number of halogens is 1. The molecule has 1 fully saturated rings. The van der Waals surface area contributed by atoms with Gasteiger partial charge in [0, 0.05) is 18.2 Å². The van der Waals surface area contributed by atoms with Crippen molar-refractivity contribution in [3.05, 3.63) is 24.0 Å². The standard InChI is InChI=1S/C14H16FNO3/c1-2-3-12(18)14(6-7-14)13(19)16-9-4-5-10(15)11(17)8-9/h4-5,8,17H,2-3,6-7H2,1H3,(H,16,19). The molecule has 2 N–H and O–H groups in total. The number of ketones is 1. The lowest BCUT2D eigenvalue weighted by Gasteiger charge is -2.14. The van der Waals surface area contributed by atoms with E-state index < -0.39 is 17.0 Å². The normalized spacial score (nSPS) is 15.9. The van der Waals surface area contributed by atoms with Crippen LogP contribution in [0, 0.1) is 11.2 Å². The summed E-state index contributed by atoms with van der Waals surface area (Å²) in [4.78, 5) is 24.0. The van der Waals surface area contributed by atoms with Crippen LogP contribution < -0.4 is 5.32 Å². The van der Waals surface area contributed by atoms with Gasteiger partial charge in [-0.3, -0.25) is 9.59 Å². The summed E-state index contributed by atoms with van der Waals surface area (Å²) in [6.07, 6.45) is 2.23. The Bertz CT molecular complexity index is 523. The molecule has 0 saturated heterocycles. The van der Waals surface area contributed by atoms with Crippen LogP contribution in [0.2, 0.25) is 0 Å². The third-order valence-corrected chi connectivity index (χ3v) is 3.40. The van der Waals surface area contributed by atoms with Crippen LogP contribution in [0.25, 0.3) is 0 Å². The lowest BCUT2D eigenvalue weighted by atomic mass is 9.96. The number of hydrogen-bond donors (Lipinski definition) is 2. The minimum absolute atomic E-state index is 0.0427. The van der Waals surface area contributed by atoms with Gasteiger partial charge in [-0.25, -0.2) is 4.39 Å². The molecule has 0 atom stereocenters. The van der Waals surface area contributed by atoms with E-state index in [0.29, 0.717) is 31.4 Å². The van der Waals surface area contributed by atoms with Gasteiger partial charge >= 0.3 is 0 Å². The number of phenolic OH excluding ortho intramolecular Hbond substituents is 1. The second-order valence-corrected chi connectivity index (χ2v) is 4.88. The van der Waals surface area contributed by atoms with Crippen molar-refractivity contribution in [2.24, 2.45) is 5.41 Å². The van der Waals surface area contributed by atoms with E-state index in [1.54, 1.807) is 0 Å². The van der Waals surface area contributed by atoms with E-state index in [1.807, 2.05) is 6.92 Å². The van der Waals surface area contributed by atoms with Crippen LogP contribution in [0.3, 0.4) is 0 Å². The number of benzene rings is 1. The molecule has 0 aromatic heterocycles. The summed E-state index contributed by atoms with van der Waals surface area (Å²) >= 11 is 0. The fraction of sp³-hybridized carbons (Fsp3) is 0.429. The lowest BCUT2D eigenvalue weighted by molar-refractivity contribution is -0.133. The smallest absolute Gasteiger partial charge is 0.238 e. The topological polar surface area (TPSA) is 66.4 Å². The predicted molar refractivity (Wildman–Crippen MR) is 68.3 cm³/mol. The highest BCUT2D eigenvalue weighted by molar-refractivity contribution is 6.13. The van der Waals surface area contributed by atoms with Crippen LogP contribution in [0.4, 0.5) is 10.1 Å². The minimum Gasteiger partial charge on any atom is -0.505 e. The molecule has 4 nitrogen and oxygen atoms in total. The molecule has 1 aromatic carbocycles. The zero-order valence-corrected chi connectivity index (χ0v) is 10.7. The van der Waals surface area contributed by atoms with Gasteiger partial charge in [0.15, 0.2) is 11.6 Å². The molecule has 0 radical (unpaired) electrons. The van der Waals surface area contributed by atoms with Crippen molar-refractivity contribution in [3.8, 4) is 5.75 Å². The fourth-order valence-corrected chi connectivity index (χ4v) is 2.07. The summed E-state index contributed by atoms with van der Waals surface area (Å²) < 4.78 is 12.9. The van der Waals surface area contributed by atoms with Crippen LogP contribution in [0.1, 0.15) is 32.6 Å². The monoisotopic (exact) mass is 265 g/mol. The Hall–Kier alpha value is -1.91. The molecule has 1 aliphatic carbocycles. The van der Waals surface area contributed by atoms with Gasteiger partial charge in [-0.05, 0) is 31.4 Å². The number of anilines is 1. The highest BCUT2D eigenvalue weighted by Crippen LogP contribution is 2.48. The molecular formula is C14H16FNO3. The van der Waals surface area contributed by atoms with Gasteiger partial charge in [0.1, 0.15) is 11.2 Å². The minimum atomic E-state index is -0.903. The maximum atomic E-state index is 12.9. The first-order valence-corrected chi connectivity index (χ1v) is 6.33. The second-order valence-electron chi connectivity index (χ2n) is 4.88. The zero-order chi connectivity index (χ0) is 14.0. The molecule has 1 saturated carbocycles. The van der Waals surface area contributed by atoms with E-state index in [9.17, 15) is 19.1 Å². The zero-order valence-electron chi connectivity index (χ0n) is 10.7. The molecule has 1 aromatic rings. The molecule has 5 heteroatoms. The van der Waals surface area contributed by atoms with E-state index in [2.05, 4.69) is 5.32 Å². The van der Waals surface area contributed by atoms with Gasteiger partial charge in [0.2, 0.25) is 5.91 Å².